The number of rotatable bonds is 1. The maximum Gasteiger partial charge on any atom is 0.292 e. The Hall–Kier alpha value is -1.45. The average Bonchev–Trinajstić information content (AvgIpc) is 2.14. The molecule has 0 unspecified atom stereocenters. The highest BCUT2D eigenvalue weighted by molar-refractivity contribution is 5.56. The molecule has 1 aromatic rings. The topological polar surface area (TPSA) is 78.1 Å². The zero-order valence-electron chi connectivity index (χ0n) is 4.79. The molecule has 0 aliphatic carbocycles. The fraction of sp³-hybridized carbons (Fsp3) is 0. The van der Waals surface area contributed by atoms with Gasteiger partial charge in [0, 0.05) is 0 Å². The molecule has 0 amide bonds. The van der Waals surface area contributed by atoms with Gasteiger partial charge in [-0.15, -0.1) is 0 Å². The van der Waals surface area contributed by atoms with Crippen LogP contribution in [0.4, 0.5) is 6.01 Å². The van der Waals surface area contributed by atoms with Crippen molar-refractivity contribution in [3.05, 3.63) is 18.5 Å². The van der Waals surface area contributed by atoms with Crippen molar-refractivity contribution in [1.29, 1.82) is 0 Å². The third-order valence-electron chi connectivity index (χ3n) is 0.851. The predicted octanol–water partition coefficient (Wildman–Crippen LogP) is 0.186. The molecule has 0 saturated heterocycles. The van der Waals surface area contributed by atoms with Crippen molar-refractivity contribution in [2.24, 2.45) is 5.73 Å². The molecule has 0 aliphatic rings. The zero-order chi connectivity index (χ0) is 6.85. The summed E-state index contributed by atoms with van der Waals surface area (Å²) in [4.78, 5) is 3.70. The number of nitrogen functional groups attached to an aromatic ring is 1. The summed E-state index contributed by atoms with van der Waals surface area (Å²) in [5, 5.41) is 0. The molecule has 0 fully saturated rings. The van der Waals surface area contributed by atoms with Gasteiger partial charge in [-0.05, 0) is 0 Å². The van der Waals surface area contributed by atoms with Crippen LogP contribution < -0.4 is 11.5 Å². The molecule has 0 saturated carbocycles. The van der Waals surface area contributed by atoms with Gasteiger partial charge in [0.2, 0.25) is 0 Å². The van der Waals surface area contributed by atoms with Crippen LogP contribution in [0.3, 0.4) is 0 Å². The molecular weight excluding hydrogens is 118 g/mol. The lowest BCUT2D eigenvalue weighted by Gasteiger charge is -1.85. The number of nitrogens with zero attached hydrogens (tertiary/aromatic N) is 1. The van der Waals surface area contributed by atoms with E-state index in [0.717, 1.165) is 0 Å². The van der Waals surface area contributed by atoms with Crippen molar-refractivity contribution in [3.63, 3.8) is 0 Å². The fourth-order valence-electron chi connectivity index (χ4n) is 0.435. The van der Waals surface area contributed by atoms with Crippen LogP contribution in [-0.4, -0.2) is 4.98 Å². The minimum atomic E-state index is 0.108. The lowest BCUT2D eigenvalue weighted by atomic mass is 10.4. The van der Waals surface area contributed by atoms with Crippen LogP contribution in [0.1, 0.15) is 5.69 Å². The predicted molar refractivity (Wildman–Crippen MR) is 34.1 cm³/mol. The summed E-state index contributed by atoms with van der Waals surface area (Å²) >= 11 is 0. The van der Waals surface area contributed by atoms with Crippen LogP contribution >= 0.6 is 0 Å². The number of oxazole rings is 1. The van der Waals surface area contributed by atoms with E-state index in [2.05, 4.69) is 16.0 Å². The minimum Gasteiger partial charge on any atom is -0.432 e. The van der Waals surface area contributed by atoms with E-state index in [1.807, 2.05) is 0 Å². The molecule has 1 rings (SSSR count). The number of aromatic nitrogens is 1. The first-order valence-corrected chi connectivity index (χ1v) is 2.36. The normalized spacial score (nSPS) is 9.33. The van der Waals surface area contributed by atoms with Crippen LogP contribution in [0.25, 0.3) is 5.70 Å². The highest BCUT2D eigenvalue weighted by Crippen LogP contribution is 2.06. The van der Waals surface area contributed by atoms with Crippen LogP contribution in [-0.2, 0) is 0 Å². The maximum atomic E-state index is 5.25. The smallest absolute Gasteiger partial charge is 0.292 e. The highest BCUT2D eigenvalue weighted by atomic mass is 16.4. The molecule has 1 heterocycles. The van der Waals surface area contributed by atoms with Gasteiger partial charge < -0.3 is 15.9 Å². The summed E-state index contributed by atoms with van der Waals surface area (Å²) in [5.74, 6) is 0. The maximum absolute atomic E-state index is 5.25. The quantitative estimate of drug-likeness (QED) is 0.561. The van der Waals surface area contributed by atoms with E-state index >= 15 is 0 Å². The van der Waals surface area contributed by atoms with E-state index in [-0.39, 0.29) is 6.01 Å². The van der Waals surface area contributed by atoms with Crippen molar-refractivity contribution >= 4 is 11.7 Å². The van der Waals surface area contributed by atoms with Gasteiger partial charge in [-0.3, -0.25) is 0 Å². The summed E-state index contributed by atoms with van der Waals surface area (Å²) in [6.07, 6.45) is 1.36. The van der Waals surface area contributed by atoms with Crippen molar-refractivity contribution in [3.8, 4) is 0 Å². The summed E-state index contributed by atoms with van der Waals surface area (Å²) in [5.41, 5.74) is 11.2. The van der Waals surface area contributed by atoms with Gasteiger partial charge in [-0.25, -0.2) is 0 Å². The van der Waals surface area contributed by atoms with Crippen molar-refractivity contribution in [2.75, 3.05) is 5.73 Å². The second kappa shape index (κ2) is 1.81. The van der Waals surface area contributed by atoms with Crippen molar-refractivity contribution in [2.45, 2.75) is 0 Å². The Morgan fingerprint density at radius 1 is 1.78 bits per heavy atom. The van der Waals surface area contributed by atoms with Gasteiger partial charge in [0.25, 0.3) is 6.01 Å². The first-order valence-electron chi connectivity index (χ1n) is 2.36. The lowest BCUT2D eigenvalue weighted by Crippen LogP contribution is -1.94. The first-order chi connectivity index (χ1) is 4.20. The van der Waals surface area contributed by atoms with E-state index in [4.69, 9.17) is 11.5 Å². The average molecular weight is 125 g/mol. The van der Waals surface area contributed by atoms with Crippen molar-refractivity contribution in [1.82, 2.24) is 4.98 Å². The van der Waals surface area contributed by atoms with E-state index in [1.54, 1.807) is 0 Å². The van der Waals surface area contributed by atoms with Crippen LogP contribution in [0.15, 0.2) is 17.3 Å². The molecule has 48 valence electrons. The molecule has 0 atom stereocenters. The Kier molecular flexibility index (Phi) is 1.14. The molecule has 0 radical (unpaired) electrons. The van der Waals surface area contributed by atoms with E-state index in [1.165, 1.54) is 6.26 Å². The van der Waals surface area contributed by atoms with Gasteiger partial charge in [-0.1, -0.05) is 6.58 Å². The second-order valence-corrected chi connectivity index (χ2v) is 1.60. The monoisotopic (exact) mass is 125 g/mol. The third-order valence-corrected chi connectivity index (χ3v) is 0.851. The molecule has 0 aromatic carbocycles. The van der Waals surface area contributed by atoms with E-state index in [0.29, 0.717) is 11.4 Å². The summed E-state index contributed by atoms with van der Waals surface area (Å²) < 4.78 is 4.65. The molecule has 0 aliphatic heterocycles. The molecule has 1 aromatic heterocycles. The van der Waals surface area contributed by atoms with Crippen LogP contribution in [0.2, 0.25) is 0 Å². The Labute approximate surface area is 52.2 Å². The van der Waals surface area contributed by atoms with Gasteiger partial charge in [-0.2, -0.15) is 4.98 Å². The molecule has 0 spiro atoms. The molecular formula is C5H7N3O. The third kappa shape index (κ3) is 1.02. The standard InChI is InChI=1S/C5H7N3O/c1-3(6)4-2-9-5(7)8-4/h2H,1,6H2,(H2,7,8). The molecule has 4 nitrogen and oxygen atoms in total. The second-order valence-electron chi connectivity index (χ2n) is 1.60. The molecule has 4 heteroatoms. The van der Waals surface area contributed by atoms with Gasteiger partial charge in [0.1, 0.15) is 12.0 Å². The SMILES string of the molecule is C=C(N)c1coc(N)n1. The zero-order valence-corrected chi connectivity index (χ0v) is 4.79. The highest BCUT2D eigenvalue weighted by Gasteiger charge is 1.98. The van der Waals surface area contributed by atoms with Gasteiger partial charge in [0.05, 0.1) is 5.70 Å². The molecule has 4 N–H and O–H groups in total. The Bertz CT molecular complexity index is 228. The Morgan fingerprint density at radius 3 is 2.67 bits per heavy atom. The Balaban J connectivity index is 2.98. The number of hydrogen-bond donors (Lipinski definition) is 2. The lowest BCUT2D eigenvalue weighted by molar-refractivity contribution is 0.580. The van der Waals surface area contributed by atoms with Crippen molar-refractivity contribution < 1.29 is 4.42 Å². The fourth-order valence-corrected chi connectivity index (χ4v) is 0.435. The van der Waals surface area contributed by atoms with Gasteiger partial charge in [0.15, 0.2) is 0 Å². The number of nitrogens with two attached hydrogens (primary N) is 2. The van der Waals surface area contributed by atoms with E-state index < -0.39 is 0 Å². The summed E-state index contributed by atoms with van der Waals surface area (Å²) in [7, 11) is 0. The minimum absolute atomic E-state index is 0.108. The molecule has 9 heavy (non-hydrogen) atoms. The number of hydrogen-bond acceptors (Lipinski definition) is 4. The van der Waals surface area contributed by atoms with Crippen LogP contribution in [0.5, 0.6) is 0 Å². The largest absolute Gasteiger partial charge is 0.432 e. The van der Waals surface area contributed by atoms with E-state index in [9.17, 15) is 0 Å². The Morgan fingerprint density at radius 2 is 2.44 bits per heavy atom. The number of anilines is 1. The molecule has 0 bridgehead atoms. The van der Waals surface area contributed by atoms with Gasteiger partial charge >= 0.3 is 0 Å². The summed E-state index contributed by atoms with van der Waals surface area (Å²) in [6, 6.07) is 0.108. The summed E-state index contributed by atoms with van der Waals surface area (Å²) in [6.45, 7) is 3.44. The first kappa shape index (κ1) is 5.68. The van der Waals surface area contributed by atoms with Crippen LogP contribution in [0, 0.1) is 0 Å².